The molecule has 3 rings (SSSR count). The summed E-state index contributed by atoms with van der Waals surface area (Å²) in [5.41, 5.74) is 2.48. The number of ketones is 1. The lowest BCUT2D eigenvalue weighted by Crippen LogP contribution is -2.33. The van der Waals surface area contributed by atoms with Crippen LogP contribution in [0.5, 0.6) is 0 Å². The second kappa shape index (κ2) is 9.67. The molecule has 1 aliphatic heterocycles. The molecule has 1 amide bonds. The summed E-state index contributed by atoms with van der Waals surface area (Å²) in [6.07, 6.45) is 4.02. The number of aromatic nitrogens is 1. The van der Waals surface area contributed by atoms with Crippen molar-refractivity contribution in [2.75, 3.05) is 26.2 Å². The molecule has 0 bridgehead atoms. The third-order valence-electron chi connectivity index (χ3n) is 5.65. The lowest BCUT2D eigenvalue weighted by Gasteiger charge is -2.26. The minimum absolute atomic E-state index is 0.137. The molecule has 0 radical (unpaired) electrons. The highest BCUT2D eigenvalue weighted by Gasteiger charge is 2.45. The Balaban J connectivity index is 1.99. The van der Waals surface area contributed by atoms with Gasteiger partial charge < -0.3 is 14.9 Å². The molecule has 0 aliphatic carbocycles. The van der Waals surface area contributed by atoms with Crippen LogP contribution in [0.3, 0.4) is 0 Å². The van der Waals surface area contributed by atoms with Gasteiger partial charge in [-0.05, 0) is 50.7 Å². The Morgan fingerprint density at radius 2 is 1.70 bits per heavy atom. The van der Waals surface area contributed by atoms with Crippen molar-refractivity contribution in [3.8, 4) is 0 Å². The molecule has 30 heavy (non-hydrogen) atoms. The Labute approximate surface area is 177 Å². The number of hydrogen-bond donors (Lipinski definition) is 1. The SMILES string of the molecule is CCN(CC)CCCN1C(=O)C(=O)C(=C(O)c2ccc(C)cc2)C1c1ccncc1. The van der Waals surface area contributed by atoms with Gasteiger partial charge in [0, 0.05) is 24.5 Å². The highest BCUT2D eigenvalue weighted by molar-refractivity contribution is 6.46. The van der Waals surface area contributed by atoms with Gasteiger partial charge in [0.15, 0.2) is 0 Å². The van der Waals surface area contributed by atoms with E-state index < -0.39 is 17.7 Å². The van der Waals surface area contributed by atoms with E-state index in [-0.39, 0.29) is 11.3 Å². The minimum atomic E-state index is -0.641. The molecule has 2 aromatic rings. The first kappa shape index (κ1) is 21.7. The van der Waals surface area contributed by atoms with E-state index in [1.807, 2.05) is 19.1 Å². The van der Waals surface area contributed by atoms with Crippen LogP contribution in [0, 0.1) is 6.92 Å². The predicted molar refractivity (Wildman–Crippen MR) is 117 cm³/mol. The molecule has 1 atom stereocenters. The Hall–Kier alpha value is -2.99. The van der Waals surface area contributed by atoms with E-state index in [1.54, 1.807) is 41.6 Å². The van der Waals surface area contributed by atoms with Crippen LogP contribution in [0.2, 0.25) is 0 Å². The van der Waals surface area contributed by atoms with Crippen molar-refractivity contribution in [1.82, 2.24) is 14.8 Å². The molecule has 6 nitrogen and oxygen atoms in total. The smallest absolute Gasteiger partial charge is 0.295 e. The number of nitrogens with zero attached hydrogens (tertiary/aromatic N) is 3. The van der Waals surface area contributed by atoms with E-state index in [2.05, 4.69) is 23.7 Å². The minimum Gasteiger partial charge on any atom is -0.507 e. The van der Waals surface area contributed by atoms with Gasteiger partial charge in [0.25, 0.3) is 11.7 Å². The number of rotatable bonds is 8. The van der Waals surface area contributed by atoms with Gasteiger partial charge in [-0.1, -0.05) is 43.7 Å². The van der Waals surface area contributed by atoms with E-state index >= 15 is 0 Å². The summed E-state index contributed by atoms with van der Waals surface area (Å²) < 4.78 is 0. The Morgan fingerprint density at radius 1 is 1.07 bits per heavy atom. The van der Waals surface area contributed by atoms with E-state index in [4.69, 9.17) is 0 Å². The number of pyridine rings is 1. The van der Waals surface area contributed by atoms with Gasteiger partial charge in [-0.15, -0.1) is 0 Å². The molecule has 1 N–H and O–H groups in total. The summed E-state index contributed by atoms with van der Waals surface area (Å²) in [6.45, 7) is 9.33. The Morgan fingerprint density at radius 3 is 2.30 bits per heavy atom. The number of carbonyl (C=O) groups is 2. The maximum Gasteiger partial charge on any atom is 0.295 e. The van der Waals surface area contributed by atoms with Crippen molar-refractivity contribution in [1.29, 1.82) is 0 Å². The summed E-state index contributed by atoms with van der Waals surface area (Å²) in [5, 5.41) is 11.0. The van der Waals surface area contributed by atoms with Crippen molar-refractivity contribution in [3.63, 3.8) is 0 Å². The zero-order chi connectivity index (χ0) is 21.7. The molecule has 2 heterocycles. The summed E-state index contributed by atoms with van der Waals surface area (Å²) in [6, 6.07) is 10.2. The molecule has 1 fully saturated rings. The van der Waals surface area contributed by atoms with Gasteiger partial charge in [0.2, 0.25) is 0 Å². The topological polar surface area (TPSA) is 73.7 Å². The van der Waals surface area contributed by atoms with Crippen LogP contribution >= 0.6 is 0 Å². The lowest BCUT2D eigenvalue weighted by molar-refractivity contribution is -0.140. The molecule has 158 valence electrons. The average Bonchev–Trinajstić information content (AvgIpc) is 3.02. The fraction of sp³-hybridized carbons (Fsp3) is 0.375. The third kappa shape index (κ3) is 4.44. The fourth-order valence-electron chi connectivity index (χ4n) is 3.87. The summed E-state index contributed by atoms with van der Waals surface area (Å²) in [5.74, 6) is -1.34. The largest absolute Gasteiger partial charge is 0.507 e. The van der Waals surface area contributed by atoms with Gasteiger partial charge >= 0.3 is 0 Å². The van der Waals surface area contributed by atoms with Crippen molar-refractivity contribution in [2.45, 2.75) is 33.2 Å². The predicted octanol–water partition coefficient (Wildman–Crippen LogP) is 3.54. The van der Waals surface area contributed by atoms with E-state index in [9.17, 15) is 14.7 Å². The quantitative estimate of drug-likeness (QED) is 0.412. The van der Waals surface area contributed by atoms with E-state index in [0.717, 1.165) is 37.2 Å². The van der Waals surface area contributed by atoms with Crippen molar-refractivity contribution in [3.05, 3.63) is 71.1 Å². The molecule has 1 aromatic heterocycles. The monoisotopic (exact) mass is 407 g/mol. The highest BCUT2D eigenvalue weighted by atomic mass is 16.3. The van der Waals surface area contributed by atoms with Gasteiger partial charge in [0.05, 0.1) is 11.6 Å². The van der Waals surface area contributed by atoms with Crippen LogP contribution in [-0.4, -0.2) is 57.8 Å². The average molecular weight is 408 g/mol. The number of hydrogen-bond acceptors (Lipinski definition) is 5. The zero-order valence-electron chi connectivity index (χ0n) is 17.8. The number of amides is 1. The van der Waals surface area contributed by atoms with Gasteiger partial charge in [-0.3, -0.25) is 14.6 Å². The highest BCUT2D eigenvalue weighted by Crippen LogP contribution is 2.39. The van der Waals surface area contributed by atoms with E-state index in [0.29, 0.717) is 12.1 Å². The molecule has 1 aromatic carbocycles. The second-order valence-electron chi connectivity index (χ2n) is 7.52. The first-order valence-corrected chi connectivity index (χ1v) is 10.5. The first-order valence-electron chi connectivity index (χ1n) is 10.5. The second-order valence-corrected chi connectivity index (χ2v) is 7.52. The molecular formula is C24H29N3O3. The Kier molecular flexibility index (Phi) is 7.00. The fourth-order valence-corrected chi connectivity index (χ4v) is 3.87. The molecule has 0 saturated carbocycles. The van der Waals surface area contributed by atoms with Gasteiger partial charge in [0.1, 0.15) is 5.76 Å². The number of Topliss-reactive ketones (excluding diaryl/α,β-unsaturated/α-hetero) is 1. The Bertz CT molecular complexity index is 918. The zero-order valence-corrected chi connectivity index (χ0v) is 17.8. The molecular weight excluding hydrogens is 378 g/mol. The van der Waals surface area contributed by atoms with Crippen LogP contribution in [0.4, 0.5) is 0 Å². The standard InChI is InChI=1S/C24H29N3O3/c1-4-26(5-2)15-6-16-27-21(18-11-13-25-14-12-18)20(23(29)24(27)30)22(28)19-9-7-17(3)8-10-19/h7-14,21,28H,4-6,15-16H2,1-3H3. The van der Waals surface area contributed by atoms with Crippen LogP contribution in [0.15, 0.2) is 54.4 Å². The van der Waals surface area contributed by atoms with Crippen molar-refractivity contribution in [2.24, 2.45) is 0 Å². The van der Waals surface area contributed by atoms with Crippen molar-refractivity contribution >= 4 is 17.4 Å². The van der Waals surface area contributed by atoms with Crippen LogP contribution in [-0.2, 0) is 9.59 Å². The number of aryl methyl sites for hydroxylation is 1. The first-order chi connectivity index (χ1) is 14.5. The van der Waals surface area contributed by atoms with Crippen molar-refractivity contribution < 1.29 is 14.7 Å². The maximum atomic E-state index is 13.0. The number of carbonyl (C=O) groups excluding carboxylic acids is 2. The molecule has 1 aliphatic rings. The summed E-state index contributed by atoms with van der Waals surface area (Å²) in [4.78, 5) is 33.8. The van der Waals surface area contributed by atoms with Gasteiger partial charge in [-0.25, -0.2) is 0 Å². The van der Waals surface area contributed by atoms with Gasteiger partial charge in [-0.2, -0.15) is 0 Å². The summed E-state index contributed by atoms with van der Waals surface area (Å²) in [7, 11) is 0. The van der Waals surface area contributed by atoms with E-state index in [1.165, 1.54) is 0 Å². The molecule has 1 saturated heterocycles. The number of aliphatic hydroxyl groups excluding tert-OH is 1. The number of benzene rings is 1. The maximum absolute atomic E-state index is 13.0. The number of aliphatic hydroxyl groups is 1. The molecule has 6 heteroatoms. The normalized spacial score (nSPS) is 18.4. The van der Waals surface area contributed by atoms with Crippen LogP contribution < -0.4 is 0 Å². The molecule has 0 spiro atoms. The molecule has 1 unspecified atom stereocenters. The van der Waals surface area contributed by atoms with Crippen LogP contribution in [0.1, 0.15) is 43.0 Å². The summed E-state index contributed by atoms with van der Waals surface area (Å²) >= 11 is 0. The number of likely N-dealkylation sites (tertiary alicyclic amines) is 1. The lowest BCUT2D eigenvalue weighted by atomic mass is 9.95. The van der Waals surface area contributed by atoms with Crippen LogP contribution in [0.25, 0.3) is 5.76 Å². The third-order valence-corrected chi connectivity index (χ3v) is 5.65.